The molecule has 0 saturated heterocycles. The molecule has 1 rings (SSSR count). The highest BCUT2D eigenvalue weighted by molar-refractivity contribution is 4.80. The molecule has 0 bridgehead atoms. The summed E-state index contributed by atoms with van der Waals surface area (Å²) in [6.45, 7) is 22.4. The van der Waals surface area contributed by atoms with E-state index in [0.29, 0.717) is 38.8 Å². The Bertz CT molecular complexity index is 349. The number of hydrogen-bond donors (Lipinski definition) is 6. The third-order valence-corrected chi connectivity index (χ3v) is 5.29. The average molecular weight is 553 g/mol. The van der Waals surface area contributed by atoms with Gasteiger partial charge in [-0.25, -0.2) is 0 Å². The lowest BCUT2D eigenvalue weighted by atomic mass is 9.83. The number of hydrogen-bond acceptors (Lipinski definition) is 9. The van der Waals surface area contributed by atoms with E-state index in [1.165, 1.54) is 19.3 Å². The highest BCUT2D eigenvalue weighted by atomic mass is 16.9. The Kier molecular flexibility index (Phi) is 48.3. The highest BCUT2D eigenvalue weighted by Crippen LogP contribution is 2.40. The molecule has 0 radical (unpaired) electrons. The van der Waals surface area contributed by atoms with Gasteiger partial charge < -0.3 is 47.8 Å². The third kappa shape index (κ3) is 31.9. The number of nitrogens with two attached hydrogens (primary N) is 4. The SMILES string of the molecule is CC.CCCC.CCCCOC(OCCNCCN)(OCCNCCN)C1CCC1.CCCN.CCCN. The van der Waals surface area contributed by atoms with Crippen molar-refractivity contribution in [1.29, 1.82) is 0 Å². The molecular weight excluding hydrogens is 480 g/mol. The second kappa shape index (κ2) is 41.1. The van der Waals surface area contributed by atoms with E-state index in [9.17, 15) is 0 Å². The minimum atomic E-state index is -0.901. The van der Waals surface area contributed by atoms with Crippen LogP contribution in [0.25, 0.3) is 0 Å². The zero-order chi connectivity index (χ0) is 29.8. The molecule has 10 N–H and O–H groups in total. The first-order valence-electron chi connectivity index (χ1n) is 15.7. The molecule has 0 spiro atoms. The van der Waals surface area contributed by atoms with E-state index >= 15 is 0 Å². The van der Waals surface area contributed by atoms with Crippen molar-refractivity contribution in [3.8, 4) is 0 Å². The van der Waals surface area contributed by atoms with Crippen molar-refractivity contribution in [1.82, 2.24) is 10.6 Å². The fourth-order valence-electron chi connectivity index (χ4n) is 2.58. The van der Waals surface area contributed by atoms with E-state index in [0.717, 1.165) is 77.8 Å². The summed E-state index contributed by atoms with van der Waals surface area (Å²) in [5, 5.41) is 6.49. The van der Waals surface area contributed by atoms with Crippen molar-refractivity contribution >= 4 is 0 Å². The van der Waals surface area contributed by atoms with Crippen LogP contribution in [0.4, 0.5) is 0 Å². The Morgan fingerprint density at radius 2 is 0.974 bits per heavy atom. The van der Waals surface area contributed by atoms with Gasteiger partial charge in [-0.05, 0) is 45.2 Å². The fourth-order valence-corrected chi connectivity index (χ4v) is 2.58. The zero-order valence-corrected chi connectivity index (χ0v) is 26.8. The summed E-state index contributed by atoms with van der Waals surface area (Å²) in [6.07, 6.45) is 10.3. The van der Waals surface area contributed by atoms with Gasteiger partial charge in [0.05, 0.1) is 19.8 Å². The van der Waals surface area contributed by atoms with Crippen LogP contribution in [0.3, 0.4) is 0 Å². The molecule has 0 heterocycles. The number of unbranched alkanes of at least 4 members (excludes halogenated alkanes) is 2. The molecule has 236 valence electrons. The molecule has 0 aliphatic heterocycles. The summed E-state index contributed by atoms with van der Waals surface area (Å²) < 4.78 is 18.4. The molecule has 0 atom stereocenters. The van der Waals surface area contributed by atoms with Crippen molar-refractivity contribution in [2.75, 3.05) is 72.2 Å². The van der Waals surface area contributed by atoms with Gasteiger partial charge in [-0.2, -0.15) is 0 Å². The van der Waals surface area contributed by atoms with Crippen LogP contribution in [-0.4, -0.2) is 78.2 Å². The number of rotatable bonds is 20. The standard InChI is InChI=1S/C17H38N4O3.C4H10.2C3H9N.C2H6/c1-2-3-13-22-17(16-5-4-6-16,23-14-11-20-9-7-18)24-15-12-21-10-8-19;1-3-4-2;2*1-2-3-4;1-2/h16,20-21H,2-15,18-19H2,1H3;3-4H2,1-2H3;2*2-4H2,1H3;1-2H3. The molecule has 0 aromatic heterocycles. The van der Waals surface area contributed by atoms with Gasteiger partial charge in [0.1, 0.15) is 0 Å². The summed E-state index contributed by atoms with van der Waals surface area (Å²) >= 11 is 0. The second-order valence-electron chi connectivity index (χ2n) is 8.79. The lowest BCUT2D eigenvalue weighted by Crippen LogP contribution is -2.51. The second-order valence-corrected chi connectivity index (χ2v) is 8.79. The molecule has 0 aromatic rings. The molecule has 9 heteroatoms. The summed E-state index contributed by atoms with van der Waals surface area (Å²) in [6, 6.07) is 0. The molecule has 1 fully saturated rings. The summed E-state index contributed by atoms with van der Waals surface area (Å²) in [7, 11) is 0. The maximum Gasteiger partial charge on any atom is 0.285 e. The fraction of sp³-hybridized carbons (Fsp3) is 1.00. The minimum Gasteiger partial charge on any atom is -0.330 e. The maximum atomic E-state index is 6.14. The van der Waals surface area contributed by atoms with Gasteiger partial charge in [0, 0.05) is 45.2 Å². The van der Waals surface area contributed by atoms with Crippen LogP contribution < -0.4 is 33.6 Å². The van der Waals surface area contributed by atoms with Gasteiger partial charge in [0.25, 0.3) is 5.97 Å². The Morgan fingerprint density at radius 1 is 0.579 bits per heavy atom. The molecule has 0 aromatic carbocycles. The Balaban J connectivity index is -0.000000341. The lowest BCUT2D eigenvalue weighted by Gasteiger charge is -2.43. The molecule has 1 aliphatic rings. The predicted molar refractivity (Wildman–Crippen MR) is 167 cm³/mol. The van der Waals surface area contributed by atoms with Crippen LogP contribution in [0.15, 0.2) is 0 Å². The van der Waals surface area contributed by atoms with E-state index < -0.39 is 5.97 Å². The lowest BCUT2D eigenvalue weighted by molar-refractivity contribution is -0.412. The van der Waals surface area contributed by atoms with E-state index in [1.807, 2.05) is 13.8 Å². The molecule has 1 aliphatic carbocycles. The van der Waals surface area contributed by atoms with Crippen LogP contribution in [0, 0.1) is 5.92 Å². The zero-order valence-electron chi connectivity index (χ0n) is 26.8. The first kappa shape index (κ1) is 44.7. The van der Waals surface area contributed by atoms with Gasteiger partial charge in [-0.1, -0.05) is 74.1 Å². The molecule has 9 nitrogen and oxygen atoms in total. The first-order valence-corrected chi connectivity index (χ1v) is 15.7. The van der Waals surface area contributed by atoms with Gasteiger partial charge in [-0.3, -0.25) is 0 Å². The molecular formula is C29H72N6O3. The Labute approximate surface area is 238 Å². The highest BCUT2D eigenvalue weighted by Gasteiger charge is 2.45. The van der Waals surface area contributed by atoms with Crippen LogP contribution in [0.2, 0.25) is 0 Å². The number of ether oxygens (including phenoxy) is 3. The minimum absolute atomic E-state index is 0.318. The van der Waals surface area contributed by atoms with Crippen molar-refractivity contribution in [2.24, 2.45) is 28.9 Å². The summed E-state index contributed by atoms with van der Waals surface area (Å²) in [5.74, 6) is -0.583. The van der Waals surface area contributed by atoms with Crippen LogP contribution in [-0.2, 0) is 14.2 Å². The van der Waals surface area contributed by atoms with Gasteiger partial charge in [0.15, 0.2) is 0 Å². The van der Waals surface area contributed by atoms with Crippen molar-refractivity contribution < 1.29 is 14.2 Å². The summed E-state index contributed by atoms with van der Waals surface area (Å²) in [4.78, 5) is 0. The van der Waals surface area contributed by atoms with Gasteiger partial charge >= 0.3 is 0 Å². The topological polar surface area (TPSA) is 156 Å². The van der Waals surface area contributed by atoms with Crippen LogP contribution >= 0.6 is 0 Å². The van der Waals surface area contributed by atoms with Crippen molar-refractivity contribution in [3.05, 3.63) is 0 Å². The molecule has 1 saturated carbocycles. The predicted octanol–water partition coefficient (Wildman–Crippen LogP) is 3.93. The largest absolute Gasteiger partial charge is 0.330 e. The Morgan fingerprint density at radius 3 is 1.24 bits per heavy atom. The molecule has 38 heavy (non-hydrogen) atoms. The monoisotopic (exact) mass is 553 g/mol. The maximum absolute atomic E-state index is 6.14. The van der Waals surface area contributed by atoms with Crippen LogP contribution in [0.1, 0.15) is 106 Å². The van der Waals surface area contributed by atoms with E-state index in [-0.39, 0.29) is 0 Å². The normalized spacial score (nSPS) is 12.4. The van der Waals surface area contributed by atoms with Crippen molar-refractivity contribution in [3.63, 3.8) is 0 Å². The van der Waals surface area contributed by atoms with E-state index in [2.05, 4.69) is 45.3 Å². The average Bonchev–Trinajstić information content (AvgIpc) is 2.93. The molecule has 0 unspecified atom stereocenters. The van der Waals surface area contributed by atoms with Gasteiger partial charge in [0.2, 0.25) is 0 Å². The summed E-state index contributed by atoms with van der Waals surface area (Å²) in [5.41, 5.74) is 21.0. The van der Waals surface area contributed by atoms with Crippen molar-refractivity contribution in [2.45, 2.75) is 112 Å². The first-order chi connectivity index (χ1) is 18.5. The Hall–Kier alpha value is -0.360. The smallest absolute Gasteiger partial charge is 0.285 e. The van der Waals surface area contributed by atoms with E-state index in [1.54, 1.807) is 0 Å². The van der Waals surface area contributed by atoms with Crippen LogP contribution in [0.5, 0.6) is 0 Å². The third-order valence-electron chi connectivity index (χ3n) is 5.29. The van der Waals surface area contributed by atoms with E-state index in [4.69, 9.17) is 37.1 Å². The van der Waals surface area contributed by atoms with Gasteiger partial charge in [-0.15, -0.1) is 0 Å². The number of nitrogens with one attached hydrogen (secondary N) is 2. The molecule has 0 amide bonds. The quantitative estimate of drug-likeness (QED) is 0.0973.